The Morgan fingerprint density at radius 1 is 1.32 bits per heavy atom. The molecule has 0 saturated heterocycles. The van der Waals surface area contributed by atoms with E-state index in [4.69, 9.17) is 9.63 Å². The number of methoxy groups -OCH3 is 1. The van der Waals surface area contributed by atoms with Crippen LogP contribution >= 0.6 is 0 Å². The molecular weight excluding hydrogens is 381 g/mol. The number of nitrogens with zero attached hydrogens (tertiary/aromatic N) is 4. The van der Waals surface area contributed by atoms with E-state index in [0.717, 1.165) is 18.1 Å². The number of aromatic nitrogens is 4. The average molecular weight is 397 g/mol. The number of alkyl halides is 3. The maximum atomic E-state index is 11.2. The van der Waals surface area contributed by atoms with Crippen LogP contribution in [0.4, 0.5) is 13.2 Å². The van der Waals surface area contributed by atoms with Crippen LogP contribution in [0.2, 0.25) is 0 Å². The summed E-state index contributed by atoms with van der Waals surface area (Å²) in [5.74, 6) is -1.99. The Kier molecular flexibility index (Phi) is 6.64. The van der Waals surface area contributed by atoms with Crippen molar-refractivity contribution in [2.45, 2.75) is 19.1 Å². The first-order valence-corrected chi connectivity index (χ1v) is 7.80. The van der Waals surface area contributed by atoms with E-state index in [1.165, 1.54) is 0 Å². The number of aryl methyl sites for hydroxylation is 1. The molecule has 0 fully saturated rings. The molecule has 28 heavy (non-hydrogen) atoms. The van der Waals surface area contributed by atoms with E-state index >= 15 is 0 Å². The van der Waals surface area contributed by atoms with E-state index in [-0.39, 0.29) is 6.42 Å². The van der Waals surface area contributed by atoms with Crippen LogP contribution in [0.25, 0.3) is 22.4 Å². The summed E-state index contributed by atoms with van der Waals surface area (Å²) < 4.78 is 44.4. The van der Waals surface area contributed by atoms with Crippen LogP contribution in [0.15, 0.2) is 53.7 Å². The molecule has 0 aliphatic rings. The van der Waals surface area contributed by atoms with Crippen LogP contribution in [-0.4, -0.2) is 39.7 Å². The Labute approximate surface area is 156 Å². The molecular formula is C17H16F3N4O4+. The van der Waals surface area contributed by atoms with E-state index < -0.39 is 17.9 Å². The fraction of sp³-hybridized carbons (Fsp3) is 0.235. The van der Waals surface area contributed by atoms with E-state index in [1.807, 2.05) is 24.5 Å². The lowest BCUT2D eigenvalue weighted by atomic mass is 10.1. The second-order valence-corrected chi connectivity index (χ2v) is 5.37. The molecule has 148 valence electrons. The van der Waals surface area contributed by atoms with Crippen LogP contribution in [0.1, 0.15) is 6.42 Å². The van der Waals surface area contributed by atoms with Crippen LogP contribution in [-0.2, 0) is 16.1 Å². The van der Waals surface area contributed by atoms with Gasteiger partial charge in [0, 0.05) is 17.7 Å². The quantitative estimate of drug-likeness (QED) is 0.522. The largest absolute Gasteiger partial charge is 0.493 e. The molecule has 3 aromatic rings. The highest BCUT2D eigenvalue weighted by Crippen LogP contribution is 2.25. The van der Waals surface area contributed by atoms with Gasteiger partial charge in [0.25, 0.3) is 5.71 Å². The number of carboxylic acid groups (broad SMARTS) is 1. The highest BCUT2D eigenvalue weighted by Gasteiger charge is 2.33. The molecule has 3 heterocycles. The van der Waals surface area contributed by atoms with Gasteiger partial charge in [0.2, 0.25) is 0 Å². The Morgan fingerprint density at radius 2 is 2.00 bits per heavy atom. The SMILES string of the molecule is C=C(OC)C(F)(F)F.O=C(O)CC[n+]1ccc(-c2noc3nnccc23)cc1. The first-order chi connectivity index (χ1) is 13.2. The number of fused-ring (bicyclic) bond motifs is 1. The number of carbonyl (C=O) groups is 1. The van der Waals surface area contributed by atoms with Crippen molar-refractivity contribution in [1.82, 2.24) is 15.4 Å². The fourth-order valence-electron chi connectivity index (χ4n) is 2.02. The predicted molar refractivity (Wildman–Crippen MR) is 89.7 cm³/mol. The molecule has 11 heteroatoms. The van der Waals surface area contributed by atoms with Gasteiger partial charge in [-0.25, -0.2) is 4.57 Å². The first kappa shape index (κ1) is 20.8. The second-order valence-electron chi connectivity index (χ2n) is 5.37. The summed E-state index contributed by atoms with van der Waals surface area (Å²) in [4.78, 5) is 10.5. The molecule has 0 atom stereocenters. The van der Waals surface area contributed by atoms with E-state index in [2.05, 4.69) is 26.7 Å². The number of halogens is 3. The number of hydrogen-bond acceptors (Lipinski definition) is 6. The maximum absolute atomic E-state index is 11.2. The average Bonchev–Trinajstić information content (AvgIpc) is 3.10. The molecule has 0 aliphatic carbocycles. The minimum Gasteiger partial charge on any atom is -0.493 e. The molecule has 1 N–H and O–H groups in total. The third-order valence-electron chi connectivity index (χ3n) is 3.48. The summed E-state index contributed by atoms with van der Waals surface area (Å²) in [7, 11) is 0.926. The third-order valence-corrected chi connectivity index (χ3v) is 3.48. The number of carboxylic acids is 1. The summed E-state index contributed by atoms with van der Waals surface area (Å²) in [5.41, 5.74) is 1.97. The van der Waals surface area contributed by atoms with E-state index in [1.54, 1.807) is 16.8 Å². The van der Waals surface area contributed by atoms with E-state index in [9.17, 15) is 18.0 Å². The van der Waals surface area contributed by atoms with Crippen molar-refractivity contribution < 1.29 is 36.9 Å². The molecule has 8 nitrogen and oxygen atoms in total. The standard InChI is InChI=1S/C13H10N4O3.C4H5F3O/c18-11(19)4-8-17-6-2-9(3-7-17)12-10-1-5-14-15-13(10)20-16-12;1-3(8-2)4(5,6)7/h1-3,5-7H,4,8H2;1H2,2H3/p+1. The summed E-state index contributed by atoms with van der Waals surface area (Å²) in [5, 5.41) is 21.0. The zero-order valence-corrected chi connectivity index (χ0v) is 14.7. The highest BCUT2D eigenvalue weighted by molar-refractivity contribution is 5.88. The number of pyridine rings is 1. The molecule has 0 saturated carbocycles. The van der Waals surface area contributed by atoms with Gasteiger partial charge < -0.3 is 14.4 Å². The number of rotatable bonds is 5. The van der Waals surface area contributed by atoms with Crippen LogP contribution in [0, 0.1) is 0 Å². The molecule has 0 unspecified atom stereocenters. The molecule has 3 aromatic heterocycles. The van der Waals surface area contributed by atoms with Crippen LogP contribution in [0.3, 0.4) is 0 Å². The molecule has 3 rings (SSSR count). The van der Waals surface area contributed by atoms with Crippen molar-refractivity contribution >= 4 is 17.1 Å². The Morgan fingerprint density at radius 3 is 2.54 bits per heavy atom. The van der Waals surface area contributed by atoms with Gasteiger partial charge in [-0.3, -0.25) is 4.79 Å². The topological polar surface area (TPSA) is 102 Å². The Hall–Kier alpha value is -3.50. The number of allylic oxidation sites excluding steroid dienone is 1. The van der Waals surface area contributed by atoms with Gasteiger partial charge in [-0.2, -0.15) is 18.3 Å². The maximum Gasteiger partial charge on any atom is 0.448 e. The molecule has 0 aliphatic heterocycles. The van der Waals surface area contributed by atoms with Gasteiger partial charge in [-0.15, -0.1) is 5.10 Å². The number of aliphatic carboxylic acids is 1. The van der Waals surface area contributed by atoms with Crippen LogP contribution in [0.5, 0.6) is 0 Å². The van der Waals surface area contributed by atoms with E-state index in [0.29, 0.717) is 18.0 Å². The Balaban J connectivity index is 0.000000300. The van der Waals surface area contributed by atoms with Crippen molar-refractivity contribution in [3.8, 4) is 11.3 Å². The lowest BCUT2D eigenvalue weighted by molar-refractivity contribution is -0.695. The summed E-state index contributed by atoms with van der Waals surface area (Å²) in [6.45, 7) is 3.03. The minimum atomic E-state index is -4.41. The summed E-state index contributed by atoms with van der Waals surface area (Å²) in [6.07, 6.45) is 0.890. The molecule has 0 spiro atoms. The van der Waals surface area contributed by atoms with Crippen molar-refractivity contribution in [2.24, 2.45) is 0 Å². The number of ether oxygens (including phenoxy) is 1. The second kappa shape index (κ2) is 8.93. The van der Waals surface area contributed by atoms with Gasteiger partial charge >= 0.3 is 12.1 Å². The molecule has 0 bridgehead atoms. The number of hydrogen-bond donors (Lipinski definition) is 1. The molecule has 0 radical (unpaired) electrons. The zero-order chi connectivity index (χ0) is 20.7. The lowest BCUT2D eigenvalue weighted by Gasteiger charge is -2.06. The Bertz CT molecular complexity index is 955. The smallest absolute Gasteiger partial charge is 0.448 e. The van der Waals surface area contributed by atoms with Crippen molar-refractivity contribution in [1.29, 1.82) is 0 Å². The lowest BCUT2D eigenvalue weighted by Crippen LogP contribution is -2.33. The third kappa shape index (κ3) is 5.50. The van der Waals surface area contributed by atoms with Crippen molar-refractivity contribution in [2.75, 3.05) is 7.11 Å². The van der Waals surface area contributed by atoms with Crippen LogP contribution < -0.4 is 4.57 Å². The predicted octanol–water partition coefficient (Wildman–Crippen LogP) is 2.76. The first-order valence-electron chi connectivity index (χ1n) is 7.80. The summed E-state index contributed by atoms with van der Waals surface area (Å²) >= 11 is 0. The molecule has 0 amide bonds. The zero-order valence-electron chi connectivity index (χ0n) is 14.7. The fourth-order valence-corrected chi connectivity index (χ4v) is 2.02. The van der Waals surface area contributed by atoms with Gasteiger partial charge in [0.05, 0.1) is 18.7 Å². The normalized spacial score (nSPS) is 10.9. The van der Waals surface area contributed by atoms with Gasteiger partial charge in [0.15, 0.2) is 24.7 Å². The molecule has 0 aromatic carbocycles. The van der Waals surface area contributed by atoms with Crippen molar-refractivity contribution in [3.63, 3.8) is 0 Å². The van der Waals surface area contributed by atoms with Gasteiger partial charge in [-0.1, -0.05) is 11.7 Å². The minimum absolute atomic E-state index is 0.0898. The monoisotopic (exact) mass is 397 g/mol. The van der Waals surface area contributed by atoms with Gasteiger partial charge in [0.1, 0.15) is 12.1 Å². The summed E-state index contributed by atoms with van der Waals surface area (Å²) in [6, 6.07) is 5.51. The van der Waals surface area contributed by atoms with Gasteiger partial charge in [-0.05, 0) is 6.07 Å². The van der Waals surface area contributed by atoms with Crippen molar-refractivity contribution in [3.05, 3.63) is 49.1 Å². The highest BCUT2D eigenvalue weighted by atomic mass is 19.4.